The highest BCUT2D eigenvalue weighted by molar-refractivity contribution is 5.79. The van der Waals surface area contributed by atoms with Crippen molar-refractivity contribution in [2.24, 2.45) is 10.9 Å². The molecule has 0 aromatic carbocycles. The summed E-state index contributed by atoms with van der Waals surface area (Å²) in [5.74, 6) is 2.54. The van der Waals surface area contributed by atoms with Crippen LogP contribution in [0.1, 0.15) is 65.1 Å². The minimum Gasteiger partial charge on any atom is -0.356 e. The maximum atomic E-state index is 12.3. The van der Waals surface area contributed by atoms with E-state index >= 15 is 0 Å². The predicted molar refractivity (Wildman–Crippen MR) is 107 cm³/mol. The van der Waals surface area contributed by atoms with Crippen LogP contribution >= 0.6 is 0 Å². The predicted octanol–water partition coefficient (Wildman–Crippen LogP) is 2.15. The Hall–Kier alpha value is -1.79. The number of hydrogen-bond donors (Lipinski definition) is 2. The van der Waals surface area contributed by atoms with Gasteiger partial charge in [0.2, 0.25) is 0 Å². The SMILES string of the molecule is CN=C(NCCCn1nc2n(c1=O)CCCC2)NC(C)CCCC(C)C. The average Bonchev–Trinajstić information content (AvgIpc) is 2.93. The van der Waals surface area contributed by atoms with Crippen LogP contribution in [-0.4, -0.2) is 39.9 Å². The molecule has 7 heteroatoms. The molecule has 1 aliphatic rings. The minimum absolute atomic E-state index is 0.0426. The third-order valence-corrected chi connectivity index (χ3v) is 4.90. The fraction of sp³-hybridized carbons (Fsp3) is 0.842. The van der Waals surface area contributed by atoms with Crippen LogP contribution in [0.5, 0.6) is 0 Å². The van der Waals surface area contributed by atoms with E-state index in [0.717, 1.165) is 62.9 Å². The smallest absolute Gasteiger partial charge is 0.345 e. The van der Waals surface area contributed by atoms with Crippen molar-refractivity contribution in [3.8, 4) is 0 Å². The van der Waals surface area contributed by atoms with Crippen LogP contribution in [0.25, 0.3) is 0 Å². The molecule has 0 saturated carbocycles. The average molecular weight is 365 g/mol. The molecule has 0 saturated heterocycles. The number of aromatic nitrogens is 3. The molecule has 0 radical (unpaired) electrons. The van der Waals surface area contributed by atoms with Crippen molar-refractivity contribution in [2.45, 2.75) is 84.8 Å². The standard InChI is InChI=1S/C19H36N6O/c1-15(2)9-7-10-16(3)22-18(20-4)21-12-8-14-25-19(26)24-13-6-5-11-17(24)23-25/h15-16H,5-14H2,1-4H3,(H2,20,21,22). The van der Waals surface area contributed by atoms with E-state index in [0.29, 0.717) is 12.6 Å². The number of nitrogens with one attached hydrogen (secondary N) is 2. The van der Waals surface area contributed by atoms with E-state index in [2.05, 4.69) is 41.5 Å². The zero-order chi connectivity index (χ0) is 18.9. The zero-order valence-corrected chi connectivity index (χ0v) is 16.9. The first kappa shape index (κ1) is 20.5. The minimum atomic E-state index is 0.0426. The highest BCUT2D eigenvalue weighted by Gasteiger charge is 2.16. The van der Waals surface area contributed by atoms with Crippen LogP contribution in [-0.2, 0) is 19.5 Å². The van der Waals surface area contributed by atoms with Gasteiger partial charge in [-0.2, -0.15) is 5.10 Å². The van der Waals surface area contributed by atoms with Crippen molar-refractivity contribution < 1.29 is 0 Å². The van der Waals surface area contributed by atoms with Gasteiger partial charge in [-0.15, -0.1) is 0 Å². The quantitative estimate of drug-likeness (QED) is 0.400. The van der Waals surface area contributed by atoms with Gasteiger partial charge in [-0.25, -0.2) is 9.48 Å². The first-order chi connectivity index (χ1) is 12.5. The van der Waals surface area contributed by atoms with Crippen molar-refractivity contribution >= 4 is 5.96 Å². The van der Waals surface area contributed by atoms with Crippen LogP contribution < -0.4 is 16.3 Å². The lowest BCUT2D eigenvalue weighted by atomic mass is 10.0. The molecule has 1 atom stereocenters. The summed E-state index contributed by atoms with van der Waals surface area (Å²) in [6.45, 7) is 8.96. The Bertz CT molecular complexity index is 630. The number of guanidine groups is 1. The highest BCUT2D eigenvalue weighted by Crippen LogP contribution is 2.09. The number of fused-ring (bicyclic) bond motifs is 1. The molecule has 2 rings (SSSR count). The second kappa shape index (κ2) is 10.4. The van der Waals surface area contributed by atoms with E-state index in [4.69, 9.17) is 0 Å². The van der Waals surface area contributed by atoms with E-state index in [-0.39, 0.29) is 5.69 Å². The lowest BCUT2D eigenvalue weighted by Gasteiger charge is -2.18. The Morgan fingerprint density at radius 1 is 1.23 bits per heavy atom. The molecule has 0 bridgehead atoms. The van der Waals surface area contributed by atoms with Gasteiger partial charge < -0.3 is 10.6 Å². The second-order valence-corrected chi connectivity index (χ2v) is 7.75. The molecule has 2 heterocycles. The fourth-order valence-electron chi connectivity index (χ4n) is 3.36. The molecule has 1 aromatic rings. The lowest BCUT2D eigenvalue weighted by Crippen LogP contribution is -2.42. The lowest BCUT2D eigenvalue weighted by molar-refractivity contribution is 0.489. The van der Waals surface area contributed by atoms with E-state index in [1.807, 2.05) is 4.57 Å². The molecule has 26 heavy (non-hydrogen) atoms. The molecule has 0 amide bonds. The van der Waals surface area contributed by atoms with Gasteiger partial charge in [0.25, 0.3) is 0 Å². The van der Waals surface area contributed by atoms with Crippen molar-refractivity contribution in [3.63, 3.8) is 0 Å². The van der Waals surface area contributed by atoms with Crippen LogP contribution in [0, 0.1) is 5.92 Å². The van der Waals surface area contributed by atoms with E-state index in [9.17, 15) is 4.79 Å². The van der Waals surface area contributed by atoms with Crippen LogP contribution in [0.4, 0.5) is 0 Å². The van der Waals surface area contributed by atoms with Crippen LogP contribution in [0.2, 0.25) is 0 Å². The fourth-order valence-corrected chi connectivity index (χ4v) is 3.36. The zero-order valence-electron chi connectivity index (χ0n) is 16.9. The number of nitrogens with zero attached hydrogens (tertiary/aromatic N) is 4. The van der Waals surface area contributed by atoms with Crippen LogP contribution in [0.3, 0.4) is 0 Å². The number of aliphatic imine (C=N–C) groups is 1. The van der Waals surface area contributed by atoms with Gasteiger partial charge >= 0.3 is 5.69 Å². The molecule has 7 nitrogen and oxygen atoms in total. The van der Waals surface area contributed by atoms with Gasteiger partial charge in [-0.1, -0.05) is 26.7 Å². The van der Waals surface area contributed by atoms with Gasteiger partial charge in [0.05, 0.1) is 0 Å². The molecule has 2 N–H and O–H groups in total. The topological polar surface area (TPSA) is 76.2 Å². The summed E-state index contributed by atoms with van der Waals surface area (Å²) in [5, 5.41) is 11.3. The van der Waals surface area contributed by atoms with Crippen molar-refractivity contribution in [2.75, 3.05) is 13.6 Å². The first-order valence-corrected chi connectivity index (χ1v) is 10.1. The Kier molecular flexibility index (Phi) is 8.19. The molecule has 1 unspecified atom stereocenters. The molecule has 0 aliphatic carbocycles. The molecule has 148 valence electrons. The number of aryl methyl sites for hydroxylation is 2. The molecular formula is C19H36N6O. The van der Waals surface area contributed by atoms with E-state index < -0.39 is 0 Å². The molecule has 1 aromatic heterocycles. The van der Waals surface area contributed by atoms with Gasteiger partial charge in [0, 0.05) is 39.1 Å². The second-order valence-electron chi connectivity index (χ2n) is 7.75. The van der Waals surface area contributed by atoms with Crippen molar-refractivity contribution in [1.29, 1.82) is 0 Å². The summed E-state index contributed by atoms with van der Waals surface area (Å²) in [6, 6.07) is 0.405. The van der Waals surface area contributed by atoms with Gasteiger partial charge in [-0.3, -0.25) is 9.56 Å². The summed E-state index contributed by atoms with van der Waals surface area (Å²) in [4.78, 5) is 16.6. The maximum absolute atomic E-state index is 12.3. The van der Waals surface area contributed by atoms with E-state index in [1.165, 1.54) is 12.8 Å². The van der Waals surface area contributed by atoms with E-state index in [1.54, 1.807) is 11.7 Å². The Morgan fingerprint density at radius 2 is 2.04 bits per heavy atom. The summed E-state index contributed by atoms with van der Waals surface area (Å²) < 4.78 is 3.45. The van der Waals surface area contributed by atoms with Crippen LogP contribution in [0.15, 0.2) is 9.79 Å². The summed E-state index contributed by atoms with van der Waals surface area (Å²) in [7, 11) is 1.80. The first-order valence-electron chi connectivity index (χ1n) is 10.1. The Labute approximate surface area is 157 Å². The summed E-state index contributed by atoms with van der Waals surface area (Å²) in [6.07, 6.45) is 7.63. The monoisotopic (exact) mass is 364 g/mol. The van der Waals surface area contributed by atoms with Crippen molar-refractivity contribution in [1.82, 2.24) is 25.0 Å². The summed E-state index contributed by atoms with van der Waals surface area (Å²) in [5.41, 5.74) is 0.0426. The molecule has 0 fully saturated rings. The van der Waals surface area contributed by atoms with Gasteiger partial charge in [0.1, 0.15) is 5.82 Å². The third kappa shape index (κ3) is 6.18. The number of hydrogen-bond acceptors (Lipinski definition) is 3. The Balaban J connectivity index is 1.69. The van der Waals surface area contributed by atoms with Crippen molar-refractivity contribution in [3.05, 3.63) is 16.3 Å². The normalized spacial score (nSPS) is 15.8. The maximum Gasteiger partial charge on any atom is 0.345 e. The molecule has 0 spiro atoms. The van der Waals surface area contributed by atoms with Gasteiger partial charge in [-0.05, 0) is 38.5 Å². The highest BCUT2D eigenvalue weighted by atomic mass is 16.2. The number of rotatable bonds is 9. The Morgan fingerprint density at radius 3 is 2.73 bits per heavy atom. The molecule has 1 aliphatic heterocycles. The third-order valence-electron chi connectivity index (χ3n) is 4.90. The van der Waals surface area contributed by atoms with Gasteiger partial charge in [0.15, 0.2) is 5.96 Å². The summed E-state index contributed by atoms with van der Waals surface area (Å²) >= 11 is 0. The largest absolute Gasteiger partial charge is 0.356 e. The molecular weight excluding hydrogens is 328 g/mol.